The first-order chi connectivity index (χ1) is 14.9. The normalized spacial score (nSPS) is 13.1. The van der Waals surface area contributed by atoms with Crippen LogP contribution in [0.15, 0.2) is 30.5 Å². The van der Waals surface area contributed by atoms with E-state index in [0.717, 1.165) is 23.6 Å². The van der Waals surface area contributed by atoms with Crippen molar-refractivity contribution in [1.82, 2.24) is 15.0 Å². The third kappa shape index (κ3) is 5.53. The summed E-state index contributed by atoms with van der Waals surface area (Å²) in [7, 11) is 0. The molecule has 0 aromatic carbocycles. The van der Waals surface area contributed by atoms with E-state index in [1.54, 1.807) is 6.07 Å². The highest BCUT2D eigenvalue weighted by molar-refractivity contribution is 7.15. The second-order valence-corrected chi connectivity index (χ2v) is 7.78. The molecule has 3 aromatic heterocycles. The van der Waals surface area contributed by atoms with E-state index in [2.05, 4.69) is 15.0 Å². The van der Waals surface area contributed by atoms with Gasteiger partial charge in [0.2, 0.25) is 0 Å². The Labute approximate surface area is 186 Å². The summed E-state index contributed by atoms with van der Waals surface area (Å²) in [6, 6.07) is 6.35. The summed E-state index contributed by atoms with van der Waals surface area (Å²) in [6.45, 7) is -0.0759. The van der Waals surface area contributed by atoms with Crippen LogP contribution in [0.1, 0.15) is 33.6 Å². The van der Waals surface area contributed by atoms with Crippen LogP contribution in [0.2, 0.25) is 5.15 Å². The van der Waals surface area contributed by atoms with Gasteiger partial charge in [0.1, 0.15) is 34.6 Å². The van der Waals surface area contributed by atoms with Crippen molar-refractivity contribution in [2.75, 3.05) is 6.61 Å². The summed E-state index contributed by atoms with van der Waals surface area (Å²) < 4.78 is 81.7. The first-order valence-electron chi connectivity index (χ1n) is 8.65. The van der Waals surface area contributed by atoms with Gasteiger partial charge in [0.05, 0.1) is 21.8 Å². The van der Waals surface area contributed by atoms with E-state index in [-0.39, 0.29) is 31.9 Å². The lowest BCUT2D eigenvalue weighted by atomic mass is 10.1. The Bertz CT molecular complexity index is 1150. The van der Waals surface area contributed by atoms with Crippen LogP contribution >= 0.6 is 22.9 Å². The number of ether oxygens (including phenoxy) is 1. The smallest absolute Gasteiger partial charge is 0.357 e. The number of aryl methyl sites for hydroxylation is 1. The fourth-order valence-corrected chi connectivity index (χ4v) is 3.94. The van der Waals surface area contributed by atoms with Gasteiger partial charge in [0.25, 0.3) is 0 Å². The number of alkyl halides is 6. The van der Waals surface area contributed by atoms with Crippen LogP contribution in [0, 0.1) is 18.3 Å². The molecule has 168 valence electrons. The average molecular weight is 493 g/mol. The number of nitriles is 1. The van der Waals surface area contributed by atoms with Gasteiger partial charge in [-0.2, -0.15) is 31.6 Å². The number of hydrogen-bond donors (Lipinski definition) is 0. The summed E-state index contributed by atoms with van der Waals surface area (Å²) in [5.74, 6) is 0. The Hall–Kier alpha value is -2.75. The molecule has 3 aromatic rings. The summed E-state index contributed by atoms with van der Waals surface area (Å²) in [5.41, 5.74) is -0.501. The van der Waals surface area contributed by atoms with Crippen LogP contribution in [0.5, 0.6) is 0 Å². The molecule has 0 fully saturated rings. The highest BCUT2D eigenvalue weighted by atomic mass is 35.5. The van der Waals surface area contributed by atoms with Gasteiger partial charge in [-0.3, -0.25) is 4.98 Å². The fourth-order valence-electron chi connectivity index (χ4n) is 2.61. The van der Waals surface area contributed by atoms with Crippen molar-refractivity contribution in [2.45, 2.75) is 25.4 Å². The van der Waals surface area contributed by atoms with E-state index < -0.39 is 30.8 Å². The van der Waals surface area contributed by atoms with E-state index in [1.807, 2.05) is 0 Å². The first kappa shape index (κ1) is 23.9. The van der Waals surface area contributed by atoms with E-state index >= 15 is 0 Å². The minimum Gasteiger partial charge on any atom is -0.357 e. The summed E-state index contributed by atoms with van der Waals surface area (Å²) in [6.07, 6.45) is -9.59. The molecule has 32 heavy (non-hydrogen) atoms. The molecule has 0 saturated carbocycles. The maximum Gasteiger partial charge on any atom is 0.433 e. The highest BCUT2D eigenvalue weighted by Gasteiger charge is 2.34. The third-order valence-corrected chi connectivity index (χ3v) is 5.58. The van der Waals surface area contributed by atoms with Crippen molar-refractivity contribution in [1.29, 1.82) is 5.26 Å². The Morgan fingerprint density at radius 3 is 2.38 bits per heavy atom. The molecule has 3 heterocycles. The van der Waals surface area contributed by atoms with Crippen LogP contribution < -0.4 is 0 Å². The lowest BCUT2D eigenvalue weighted by Crippen LogP contribution is -2.20. The van der Waals surface area contributed by atoms with Gasteiger partial charge >= 0.3 is 12.4 Å². The molecule has 3 rings (SSSR count). The van der Waals surface area contributed by atoms with Crippen molar-refractivity contribution >= 4 is 22.9 Å². The van der Waals surface area contributed by atoms with Crippen LogP contribution in [0.25, 0.3) is 10.6 Å². The summed E-state index contributed by atoms with van der Waals surface area (Å²) in [4.78, 5) is 11.8. The van der Waals surface area contributed by atoms with Crippen LogP contribution in [0.3, 0.4) is 0 Å². The SMILES string of the molecule is Cc1nc(-c2ccc(C(F)(F)F)nc2)sc1C(OCC(F)(F)F)c1ccc(C#N)c(Cl)n1. The van der Waals surface area contributed by atoms with Crippen molar-refractivity contribution in [3.05, 3.63) is 63.1 Å². The van der Waals surface area contributed by atoms with Crippen molar-refractivity contribution in [3.8, 4) is 16.6 Å². The lowest BCUT2D eigenvalue weighted by molar-refractivity contribution is -0.182. The first-order valence-corrected chi connectivity index (χ1v) is 9.84. The zero-order chi connectivity index (χ0) is 23.7. The molecule has 0 N–H and O–H groups in total. The Balaban J connectivity index is 2.01. The predicted molar refractivity (Wildman–Crippen MR) is 103 cm³/mol. The molecular weight excluding hydrogens is 482 g/mol. The third-order valence-electron chi connectivity index (χ3n) is 4.04. The summed E-state index contributed by atoms with van der Waals surface area (Å²) >= 11 is 6.84. The van der Waals surface area contributed by atoms with E-state index in [4.69, 9.17) is 21.6 Å². The zero-order valence-corrected chi connectivity index (χ0v) is 17.5. The fraction of sp³-hybridized carbons (Fsp3) is 0.263. The van der Waals surface area contributed by atoms with Gasteiger partial charge in [-0.05, 0) is 31.2 Å². The minimum atomic E-state index is -4.63. The molecule has 0 bridgehead atoms. The average Bonchev–Trinajstić information content (AvgIpc) is 3.08. The minimum absolute atomic E-state index is 0.0158. The molecule has 0 radical (unpaired) electrons. The molecule has 13 heteroatoms. The van der Waals surface area contributed by atoms with Gasteiger partial charge in [0.15, 0.2) is 0 Å². The number of pyridine rings is 2. The second-order valence-electron chi connectivity index (χ2n) is 6.39. The largest absolute Gasteiger partial charge is 0.433 e. The number of aromatic nitrogens is 3. The molecule has 5 nitrogen and oxygen atoms in total. The van der Waals surface area contributed by atoms with Crippen molar-refractivity contribution < 1.29 is 31.1 Å². The van der Waals surface area contributed by atoms with Crippen LogP contribution in [-0.4, -0.2) is 27.7 Å². The van der Waals surface area contributed by atoms with E-state index in [0.29, 0.717) is 5.69 Å². The monoisotopic (exact) mass is 492 g/mol. The molecular formula is C19H11ClF6N4OS. The zero-order valence-electron chi connectivity index (χ0n) is 15.9. The molecule has 0 amide bonds. The Kier molecular flexibility index (Phi) is 6.73. The maximum atomic E-state index is 12.8. The highest BCUT2D eigenvalue weighted by Crippen LogP contribution is 2.38. The quantitative estimate of drug-likeness (QED) is 0.317. The summed E-state index contributed by atoms with van der Waals surface area (Å²) in [5, 5.41) is 9.01. The van der Waals surface area contributed by atoms with Crippen LogP contribution in [-0.2, 0) is 10.9 Å². The van der Waals surface area contributed by atoms with Gasteiger partial charge in [0, 0.05) is 11.8 Å². The topological polar surface area (TPSA) is 71.7 Å². The van der Waals surface area contributed by atoms with Crippen LogP contribution in [0.4, 0.5) is 26.3 Å². The standard InChI is InChI=1S/C19H11ClF6N4OS/c1-9-15(32-17(29-9)11-3-5-13(28-7-11)19(24,25)26)14(31-8-18(21,22)23)12-4-2-10(6-27)16(20)30-12/h2-5,7,14H,8H2,1H3. The molecule has 1 unspecified atom stereocenters. The van der Waals surface area contributed by atoms with Gasteiger partial charge in [-0.15, -0.1) is 11.3 Å². The number of thiazole rings is 1. The molecule has 0 aliphatic heterocycles. The van der Waals surface area contributed by atoms with Gasteiger partial charge in [-0.1, -0.05) is 11.6 Å². The molecule has 1 atom stereocenters. The molecule has 0 spiro atoms. The number of halogens is 7. The molecule has 0 aliphatic rings. The van der Waals surface area contributed by atoms with E-state index in [1.165, 1.54) is 25.1 Å². The van der Waals surface area contributed by atoms with Gasteiger partial charge in [-0.25, -0.2) is 9.97 Å². The van der Waals surface area contributed by atoms with Gasteiger partial charge < -0.3 is 4.74 Å². The lowest BCUT2D eigenvalue weighted by Gasteiger charge is -2.18. The number of hydrogen-bond acceptors (Lipinski definition) is 6. The van der Waals surface area contributed by atoms with Crippen molar-refractivity contribution in [2.24, 2.45) is 0 Å². The van der Waals surface area contributed by atoms with Crippen molar-refractivity contribution in [3.63, 3.8) is 0 Å². The molecule has 0 aliphatic carbocycles. The van der Waals surface area contributed by atoms with E-state index in [9.17, 15) is 26.3 Å². The predicted octanol–water partition coefficient (Wildman–Crippen LogP) is 6.12. The number of rotatable bonds is 5. The second kappa shape index (κ2) is 9.01. The maximum absolute atomic E-state index is 12.8. The number of nitrogens with zero attached hydrogens (tertiary/aromatic N) is 4. The molecule has 0 saturated heterocycles. The Morgan fingerprint density at radius 2 is 1.84 bits per heavy atom. The Morgan fingerprint density at radius 1 is 1.12 bits per heavy atom.